The van der Waals surface area contributed by atoms with E-state index >= 15 is 0 Å². The smallest absolute Gasteiger partial charge is 0.0346 e. The number of pyridine rings is 1. The molecule has 13 heavy (non-hydrogen) atoms. The van der Waals surface area contributed by atoms with E-state index in [2.05, 4.69) is 39.1 Å². The van der Waals surface area contributed by atoms with Crippen molar-refractivity contribution in [1.82, 2.24) is 4.98 Å². The second kappa shape index (κ2) is 3.88. The summed E-state index contributed by atoms with van der Waals surface area (Å²) in [5.74, 6) is 0. The SMILES string of the molecule is BrCCc1cncc2ccccc12. The first-order valence-corrected chi connectivity index (χ1v) is 5.41. The van der Waals surface area contributed by atoms with Crippen molar-refractivity contribution in [3.8, 4) is 0 Å². The Morgan fingerprint density at radius 3 is 2.85 bits per heavy atom. The third kappa shape index (κ3) is 1.73. The second-order valence-corrected chi connectivity index (χ2v) is 3.75. The Kier molecular flexibility index (Phi) is 2.60. The lowest BCUT2D eigenvalue weighted by Crippen LogP contribution is -1.89. The predicted octanol–water partition coefficient (Wildman–Crippen LogP) is 3.17. The molecular weight excluding hydrogens is 226 g/mol. The van der Waals surface area contributed by atoms with Crippen LogP contribution < -0.4 is 0 Å². The van der Waals surface area contributed by atoms with Crippen LogP contribution in [0.3, 0.4) is 0 Å². The monoisotopic (exact) mass is 235 g/mol. The molecular formula is C11H10BrN. The summed E-state index contributed by atoms with van der Waals surface area (Å²) >= 11 is 3.44. The standard InChI is InChI=1S/C11H10BrN/c12-6-5-10-8-13-7-9-3-1-2-4-11(9)10/h1-4,7-8H,5-6H2. The topological polar surface area (TPSA) is 12.9 Å². The minimum Gasteiger partial charge on any atom is -0.264 e. The molecule has 0 aliphatic rings. The van der Waals surface area contributed by atoms with Crippen LogP contribution in [0.5, 0.6) is 0 Å². The van der Waals surface area contributed by atoms with Crippen LogP contribution in [-0.4, -0.2) is 10.3 Å². The maximum absolute atomic E-state index is 4.21. The van der Waals surface area contributed by atoms with Gasteiger partial charge in [0.15, 0.2) is 0 Å². The van der Waals surface area contributed by atoms with Crippen molar-refractivity contribution in [2.75, 3.05) is 5.33 Å². The second-order valence-electron chi connectivity index (χ2n) is 2.96. The summed E-state index contributed by atoms with van der Waals surface area (Å²) in [7, 11) is 0. The molecule has 0 amide bonds. The van der Waals surface area contributed by atoms with E-state index in [-0.39, 0.29) is 0 Å². The fraction of sp³-hybridized carbons (Fsp3) is 0.182. The molecule has 0 radical (unpaired) electrons. The molecule has 0 aliphatic heterocycles. The fourth-order valence-electron chi connectivity index (χ4n) is 1.48. The number of alkyl halides is 1. The van der Waals surface area contributed by atoms with E-state index in [0.717, 1.165) is 11.8 Å². The van der Waals surface area contributed by atoms with Gasteiger partial charge in [0.1, 0.15) is 0 Å². The molecule has 1 aromatic carbocycles. The third-order valence-corrected chi connectivity index (χ3v) is 2.51. The lowest BCUT2D eigenvalue weighted by molar-refractivity contribution is 1.15. The van der Waals surface area contributed by atoms with Crippen LogP contribution >= 0.6 is 15.9 Å². The van der Waals surface area contributed by atoms with Gasteiger partial charge in [0.2, 0.25) is 0 Å². The van der Waals surface area contributed by atoms with Gasteiger partial charge < -0.3 is 0 Å². The zero-order chi connectivity index (χ0) is 9.10. The molecule has 0 unspecified atom stereocenters. The average molecular weight is 236 g/mol. The lowest BCUT2D eigenvalue weighted by Gasteiger charge is -2.02. The molecule has 0 fully saturated rings. The number of nitrogens with zero attached hydrogens (tertiary/aromatic N) is 1. The van der Waals surface area contributed by atoms with E-state index in [1.807, 2.05) is 18.5 Å². The lowest BCUT2D eigenvalue weighted by atomic mass is 10.1. The molecule has 1 aromatic heterocycles. The summed E-state index contributed by atoms with van der Waals surface area (Å²) in [6.07, 6.45) is 4.89. The van der Waals surface area contributed by atoms with Gasteiger partial charge in [0.05, 0.1) is 0 Å². The molecule has 0 aliphatic carbocycles. The number of aryl methyl sites for hydroxylation is 1. The van der Waals surface area contributed by atoms with Crippen molar-refractivity contribution in [2.45, 2.75) is 6.42 Å². The van der Waals surface area contributed by atoms with Gasteiger partial charge in [-0.1, -0.05) is 40.2 Å². The molecule has 2 aromatic rings. The van der Waals surface area contributed by atoms with Crippen LogP contribution in [0.15, 0.2) is 36.7 Å². The van der Waals surface area contributed by atoms with Crippen molar-refractivity contribution in [3.05, 3.63) is 42.2 Å². The Balaban J connectivity index is 2.61. The molecule has 1 nitrogen and oxygen atoms in total. The largest absolute Gasteiger partial charge is 0.264 e. The molecule has 0 bridgehead atoms. The summed E-state index contributed by atoms with van der Waals surface area (Å²) in [6.45, 7) is 0. The first kappa shape index (κ1) is 8.70. The molecule has 0 spiro atoms. The van der Waals surface area contributed by atoms with Crippen LogP contribution in [0.25, 0.3) is 10.8 Å². The first-order chi connectivity index (χ1) is 6.42. The van der Waals surface area contributed by atoms with E-state index < -0.39 is 0 Å². The summed E-state index contributed by atoms with van der Waals surface area (Å²) in [6, 6.07) is 8.36. The van der Waals surface area contributed by atoms with Gasteiger partial charge in [-0.25, -0.2) is 0 Å². The van der Waals surface area contributed by atoms with E-state index in [0.29, 0.717) is 0 Å². The van der Waals surface area contributed by atoms with Crippen molar-refractivity contribution in [3.63, 3.8) is 0 Å². The van der Waals surface area contributed by atoms with E-state index in [1.165, 1.54) is 16.3 Å². The van der Waals surface area contributed by atoms with Crippen LogP contribution in [0.2, 0.25) is 0 Å². The minimum absolute atomic E-state index is 0.989. The van der Waals surface area contributed by atoms with Gasteiger partial charge in [0.25, 0.3) is 0 Å². The Hall–Kier alpha value is -0.890. The van der Waals surface area contributed by atoms with Crippen molar-refractivity contribution >= 4 is 26.7 Å². The number of hydrogen-bond acceptors (Lipinski definition) is 1. The summed E-state index contributed by atoms with van der Waals surface area (Å²) in [5.41, 5.74) is 1.31. The maximum atomic E-state index is 4.21. The van der Waals surface area contributed by atoms with E-state index in [9.17, 15) is 0 Å². The number of hydrogen-bond donors (Lipinski definition) is 0. The Labute approximate surface area is 85.9 Å². The van der Waals surface area contributed by atoms with Crippen LogP contribution in [0, 0.1) is 0 Å². The Morgan fingerprint density at radius 1 is 1.15 bits per heavy atom. The van der Waals surface area contributed by atoms with Gasteiger partial charge in [-0.15, -0.1) is 0 Å². The number of rotatable bonds is 2. The molecule has 2 heteroatoms. The highest BCUT2D eigenvalue weighted by Gasteiger charge is 1.98. The highest BCUT2D eigenvalue weighted by molar-refractivity contribution is 9.09. The van der Waals surface area contributed by atoms with Crippen LogP contribution in [0.4, 0.5) is 0 Å². The van der Waals surface area contributed by atoms with E-state index in [1.54, 1.807) is 0 Å². The summed E-state index contributed by atoms with van der Waals surface area (Å²) < 4.78 is 0. The number of halogens is 1. The zero-order valence-corrected chi connectivity index (χ0v) is 8.79. The highest BCUT2D eigenvalue weighted by Crippen LogP contribution is 2.17. The zero-order valence-electron chi connectivity index (χ0n) is 7.20. The summed E-state index contributed by atoms with van der Waals surface area (Å²) in [5, 5.41) is 3.53. The molecule has 1 heterocycles. The van der Waals surface area contributed by atoms with Crippen molar-refractivity contribution < 1.29 is 0 Å². The molecule has 0 saturated heterocycles. The minimum atomic E-state index is 0.989. The van der Waals surface area contributed by atoms with E-state index in [4.69, 9.17) is 0 Å². The van der Waals surface area contributed by atoms with Crippen LogP contribution in [-0.2, 0) is 6.42 Å². The number of benzene rings is 1. The Morgan fingerprint density at radius 2 is 2.00 bits per heavy atom. The fourth-order valence-corrected chi connectivity index (χ4v) is 1.91. The number of fused-ring (bicyclic) bond motifs is 1. The average Bonchev–Trinajstić information content (AvgIpc) is 2.19. The van der Waals surface area contributed by atoms with Crippen molar-refractivity contribution in [2.24, 2.45) is 0 Å². The van der Waals surface area contributed by atoms with Crippen molar-refractivity contribution in [1.29, 1.82) is 0 Å². The van der Waals surface area contributed by atoms with Gasteiger partial charge >= 0.3 is 0 Å². The van der Waals surface area contributed by atoms with Gasteiger partial charge in [-0.05, 0) is 17.4 Å². The number of aromatic nitrogens is 1. The molecule has 0 saturated carbocycles. The molecule has 0 N–H and O–H groups in total. The quantitative estimate of drug-likeness (QED) is 0.730. The molecule has 66 valence electrons. The van der Waals surface area contributed by atoms with Gasteiger partial charge in [0, 0.05) is 23.1 Å². The normalized spacial score (nSPS) is 10.5. The van der Waals surface area contributed by atoms with Crippen LogP contribution in [0.1, 0.15) is 5.56 Å². The third-order valence-electron chi connectivity index (χ3n) is 2.11. The first-order valence-electron chi connectivity index (χ1n) is 4.29. The Bertz CT molecular complexity index is 406. The van der Waals surface area contributed by atoms with Gasteiger partial charge in [-0.2, -0.15) is 0 Å². The maximum Gasteiger partial charge on any atom is 0.0346 e. The molecule has 0 atom stereocenters. The highest BCUT2D eigenvalue weighted by atomic mass is 79.9. The predicted molar refractivity (Wildman–Crippen MR) is 59.2 cm³/mol. The summed E-state index contributed by atoms with van der Waals surface area (Å²) in [4.78, 5) is 4.21. The van der Waals surface area contributed by atoms with Gasteiger partial charge in [-0.3, -0.25) is 4.98 Å². The molecule has 2 rings (SSSR count).